The number of sulfonamides is 1. The number of rotatable bonds is 5. The summed E-state index contributed by atoms with van der Waals surface area (Å²) in [6.45, 7) is 1.65. The van der Waals surface area contributed by atoms with Crippen molar-refractivity contribution in [1.82, 2.24) is 4.72 Å². The molecule has 0 aromatic heterocycles. The van der Waals surface area contributed by atoms with Gasteiger partial charge in [-0.2, -0.15) is 0 Å². The number of aliphatic hydroxyl groups excluding tert-OH is 1. The average molecular weight is 288 g/mol. The lowest BCUT2D eigenvalue weighted by Gasteiger charge is -2.14. The number of nitrogens with one attached hydrogen (secondary N) is 1. The lowest BCUT2D eigenvalue weighted by molar-refractivity contribution is 0.213. The predicted molar refractivity (Wildman–Crippen MR) is 69.5 cm³/mol. The van der Waals surface area contributed by atoms with Crippen molar-refractivity contribution in [1.29, 1.82) is 0 Å². The van der Waals surface area contributed by atoms with Crippen molar-refractivity contribution >= 4 is 15.7 Å². The third-order valence-electron chi connectivity index (χ3n) is 3.51. The standard InChI is InChI=1S/C12H17FN2O3S/c1-8-4-9(13)10(14)5-11(8)19(17,18)15-6-12(7-16)2-3-12/h4-5,15-16H,2-3,6-7,14H2,1H3. The zero-order valence-corrected chi connectivity index (χ0v) is 11.4. The first-order chi connectivity index (χ1) is 8.80. The maximum atomic E-state index is 13.2. The molecule has 0 radical (unpaired) electrons. The summed E-state index contributed by atoms with van der Waals surface area (Å²) in [4.78, 5) is -0.0276. The maximum Gasteiger partial charge on any atom is 0.240 e. The van der Waals surface area contributed by atoms with Crippen LogP contribution in [-0.2, 0) is 10.0 Å². The van der Waals surface area contributed by atoms with Crippen LogP contribution in [0.5, 0.6) is 0 Å². The number of nitrogen functional groups attached to an aromatic ring is 1. The molecule has 1 aromatic rings. The van der Waals surface area contributed by atoms with Crippen molar-refractivity contribution < 1.29 is 17.9 Å². The molecule has 7 heteroatoms. The Morgan fingerprint density at radius 1 is 1.47 bits per heavy atom. The van der Waals surface area contributed by atoms with Crippen molar-refractivity contribution in [2.45, 2.75) is 24.7 Å². The SMILES string of the molecule is Cc1cc(F)c(N)cc1S(=O)(=O)NCC1(CO)CC1. The van der Waals surface area contributed by atoms with Gasteiger partial charge < -0.3 is 10.8 Å². The fourth-order valence-electron chi connectivity index (χ4n) is 1.85. The van der Waals surface area contributed by atoms with Gasteiger partial charge in [0.25, 0.3) is 0 Å². The summed E-state index contributed by atoms with van der Waals surface area (Å²) in [6, 6.07) is 2.22. The molecule has 5 nitrogen and oxygen atoms in total. The molecule has 0 saturated heterocycles. The first-order valence-corrected chi connectivity index (χ1v) is 7.44. The molecule has 0 unspecified atom stereocenters. The van der Waals surface area contributed by atoms with E-state index in [9.17, 15) is 12.8 Å². The molecule has 1 fully saturated rings. The van der Waals surface area contributed by atoms with Gasteiger partial charge in [0.05, 0.1) is 10.6 Å². The Balaban J connectivity index is 2.22. The van der Waals surface area contributed by atoms with E-state index in [1.807, 2.05) is 0 Å². The Morgan fingerprint density at radius 2 is 2.11 bits per heavy atom. The Labute approximate surface area is 111 Å². The smallest absolute Gasteiger partial charge is 0.240 e. The van der Waals surface area contributed by atoms with E-state index >= 15 is 0 Å². The van der Waals surface area contributed by atoms with Gasteiger partial charge in [-0.15, -0.1) is 0 Å². The molecular formula is C12H17FN2O3S. The molecule has 1 aromatic carbocycles. The third kappa shape index (κ3) is 2.88. The van der Waals surface area contributed by atoms with E-state index < -0.39 is 15.8 Å². The number of anilines is 1. The first-order valence-electron chi connectivity index (χ1n) is 5.96. The van der Waals surface area contributed by atoms with Crippen molar-refractivity contribution in [2.75, 3.05) is 18.9 Å². The molecule has 4 N–H and O–H groups in total. The van der Waals surface area contributed by atoms with Crippen molar-refractivity contribution in [3.05, 3.63) is 23.5 Å². The minimum Gasteiger partial charge on any atom is -0.396 e. The fraction of sp³-hybridized carbons (Fsp3) is 0.500. The molecule has 1 aliphatic rings. The molecule has 0 amide bonds. The van der Waals surface area contributed by atoms with Crippen LogP contribution in [0, 0.1) is 18.2 Å². The number of aliphatic hydroxyl groups is 1. The molecule has 0 aliphatic heterocycles. The summed E-state index contributed by atoms with van der Waals surface area (Å²) in [5.74, 6) is -0.634. The molecule has 106 valence electrons. The summed E-state index contributed by atoms with van der Waals surface area (Å²) in [7, 11) is -3.74. The van der Waals surface area contributed by atoms with Crippen LogP contribution in [-0.4, -0.2) is 26.7 Å². The van der Waals surface area contributed by atoms with E-state index in [4.69, 9.17) is 10.8 Å². The van der Waals surface area contributed by atoms with Gasteiger partial charge in [-0.1, -0.05) is 0 Å². The third-order valence-corrected chi connectivity index (χ3v) is 5.06. The van der Waals surface area contributed by atoms with Crippen LogP contribution in [0.4, 0.5) is 10.1 Å². The number of halogens is 1. The van der Waals surface area contributed by atoms with Crippen LogP contribution >= 0.6 is 0 Å². The van der Waals surface area contributed by atoms with Crippen LogP contribution < -0.4 is 10.5 Å². The van der Waals surface area contributed by atoms with Gasteiger partial charge in [-0.25, -0.2) is 17.5 Å². The van der Waals surface area contributed by atoms with E-state index in [0.29, 0.717) is 5.56 Å². The lowest BCUT2D eigenvalue weighted by Crippen LogP contribution is -2.32. The first kappa shape index (κ1) is 14.2. The van der Waals surface area contributed by atoms with Crippen molar-refractivity contribution in [3.8, 4) is 0 Å². The second-order valence-corrected chi connectivity index (χ2v) is 6.86. The highest BCUT2D eigenvalue weighted by Gasteiger charge is 2.42. The van der Waals surface area contributed by atoms with Crippen molar-refractivity contribution in [3.63, 3.8) is 0 Å². The average Bonchev–Trinajstić information content (AvgIpc) is 3.12. The van der Waals surface area contributed by atoms with Crippen LogP contribution in [0.1, 0.15) is 18.4 Å². The number of hydrogen-bond donors (Lipinski definition) is 3. The lowest BCUT2D eigenvalue weighted by atomic mass is 10.1. The predicted octanol–water partition coefficient (Wildman–Crippen LogP) is 0.767. The summed E-state index contributed by atoms with van der Waals surface area (Å²) in [5, 5.41) is 9.15. The van der Waals surface area contributed by atoms with E-state index in [-0.39, 0.29) is 29.1 Å². The molecule has 0 atom stereocenters. The summed E-state index contributed by atoms with van der Waals surface area (Å²) < 4.78 is 39.9. The van der Waals surface area contributed by atoms with Crippen LogP contribution in [0.15, 0.2) is 17.0 Å². The monoisotopic (exact) mass is 288 g/mol. The molecule has 1 aliphatic carbocycles. The van der Waals surface area contributed by atoms with E-state index in [0.717, 1.165) is 25.0 Å². The Bertz CT molecular complexity index is 597. The van der Waals surface area contributed by atoms with Gasteiger partial charge in [0, 0.05) is 18.6 Å². The maximum absolute atomic E-state index is 13.2. The quantitative estimate of drug-likeness (QED) is 0.698. The van der Waals surface area contributed by atoms with Crippen molar-refractivity contribution in [2.24, 2.45) is 5.41 Å². The second kappa shape index (κ2) is 4.73. The highest BCUT2D eigenvalue weighted by atomic mass is 32.2. The summed E-state index contributed by atoms with van der Waals surface area (Å²) >= 11 is 0. The fourth-order valence-corrected chi connectivity index (χ4v) is 3.27. The van der Waals surface area contributed by atoms with Crippen LogP contribution in [0.25, 0.3) is 0 Å². The Morgan fingerprint density at radius 3 is 2.63 bits per heavy atom. The highest BCUT2D eigenvalue weighted by Crippen LogP contribution is 2.44. The normalized spacial score (nSPS) is 17.4. The largest absolute Gasteiger partial charge is 0.396 e. The minimum atomic E-state index is -3.74. The Kier molecular flexibility index (Phi) is 3.55. The van der Waals surface area contributed by atoms with Gasteiger partial charge in [0.15, 0.2) is 0 Å². The topological polar surface area (TPSA) is 92.4 Å². The summed E-state index contributed by atoms with van der Waals surface area (Å²) in [6.07, 6.45) is 1.60. The minimum absolute atomic E-state index is 0.0276. The number of nitrogens with two attached hydrogens (primary N) is 1. The van der Waals surface area contributed by atoms with Gasteiger partial charge in [-0.05, 0) is 37.5 Å². The number of benzene rings is 1. The molecule has 0 bridgehead atoms. The van der Waals surface area contributed by atoms with Crippen LogP contribution in [0.3, 0.4) is 0 Å². The molecule has 19 heavy (non-hydrogen) atoms. The van der Waals surface area contributed by atoms with Gasteiger partial charge in [-0.3, -0.25) is 0 Å². The van der Waals surface area contributed by atoms with Gasteiger partial charge in [0.2, 0.25) is 10.0 Å². The van der Waals surface area contributed by atoms with Gasteiger partial charge in [0.1, 0.15) is 5.82 Å². The van der Waals surface area contributed by atoms with E-state index in [1.165, 1.54) is 6.92 Å². The molecule has 0 spiro atoms. The number of hydrogen-bond acceptors (Lipinski definition) is 4. The highest BCUT2D eigenvalue weighted by molar-refractivity contribution is 7.89. The molecule has 1 saturated carbocycles. The molecular weight excluding hydrogens is 271 g/mol. The van der Waals surface area contributed by atoms with E-state index in [1.54, 1.807) is 0 Å². The van der Waals surface area contributed by atoms with Gasteiger partial charge >= 0.3 is 0 Å². The van der Waals surface area contributed by atoms with Crippen LogP contribution in [0.2, 0.25) is 0 Å². The zero-order chi connectivity index (χ0) is 14.3. The molecule has 2 rings (SSSR count). The Hall–Kier alpha value is -1.18. The van der Waals surface area contributed by atoms with E-state index in [2.05, 4.69) is 4.72 Å². The summed E-state index contributed by atoms with van der Waals surface area (Å²) in [5.41, 5.74) is 5.17. The number of aryl methyl sites for hydroxylation is 1. The second-order valence-electron chi connectivity index (χ2n) is 5.12. The zero-order valence-electron chi connectivity index (χ0n) is 10.6. The molecule has 0 heterocycles.